The molecule has 0 aromatic heterocycles. The van der Waals surface area contributed by atoms with Gasteiger partial charge >= 0.3 is 5.97 Å². The molecular formula is C8H13O3. The molecule has 0 aliphatic carbocycles. The van der Waals surface area contributed by atoms with Gasteiger partial charge in [-0.1, -0.05) is 14.0 Å². The van der Waals surface area contributed by atoms with Crippen LogP contribution in [-0.4, -0.2) is 25.3 Å². The minimum atomic E-state index is -0.337. The van der Waals surface area contributed by atoms with Gasteiger partial charge in [-0.15, -0.1) is 0 Å². The standard InChI is InChI=1S/C7H10O3.CH3/c1-5(2)7(8)10-4-6-3-9-6;/h6H,1,3-4H2,2H3;1H3. The van der Waals surface area contributed by atoms with Crippen LogP contribution in [0.5, 0.6) is 0 Å². The molecule has 1 unspecified atom stereocenters. The van der Waals surface area contributed by atoms with Crippen molar-refractivity contribution >= 4 is 5.97 Å². The van der Waals surface area contributed by atoms with Crippen molar-refractivity contribution in [3.05, 3.63) is 19.6 Å². The average molecular weight is 157 g/mol. The zero-order valence-electron chi connectivity index (χ0n) is 6.92. The third-order valence-corrected chi connectivity index (χ3v) is 1.15. The van der Waals surface area contributed by atoms with Crippen molar-refractivity contribution in [1.82, 2.24) is 0 Å². The van der Waals surface area contributed by atoms with E-state index in [1.165, 1.54) is 0 Å². The van der Waals surface area contributed by atoms with Crippen LogP contribution in [0.3, 0.4) is 0 Å². The van der Waals surface area contributed by atoms with E-state index >= 15 is 0 Å². The van der Waals surface area contributed by atoms with Crippen molar-refractivity contribution in [2.75, 3.05) is 13.2 Å². The second-order valence-electron chi connectivity index (χ2n) is 2.33. The summed E-state index contributed by atoms with van der Waals surface area (Å²) >= 11 is 0. The van der Waals surface area contributed by atoms with Gasteiger partial charge in [-0.05, 0) is 6.92 Å². The molecular weight excluding hydrogens is 144 g/mol. The zero-order chi connectivity index (χ0) is 7.56. The van der Waals surface area contributed by atoms with Crippen LogP contribution >= 0.6 is 0 Å². The van der Waals surface area contributed by atoms with E-state index in [1.54, 1.807) is 6.92 Å². The van der Waals surface area contributed by atoms with Gasteiger partial charge in [-0.2, -0.15) is 0 Å². The molecule has 3 heteroatoms. The predicted molar refractivity (Wildman–Crippen MR) is 41.9 cm³/mol. The summed E-state index contributed by atoms with van der Waals surface area (Å²) < 4.78 is 9.60. The highest BCUT2D eigenvalue weighted by molar-refractivity contribution is 5.86. The fraction of sp³-hybridized carbons (Fsp3) is 0.500. The van der Waals surface area contributed by atoms with Crippen molar-refractivity contribution in [1.29, 1.82) is 0 Å². The van der Waals surface area contributed by atoms with Crippen LogP contribution in [0.25, 0.3) is 0 Å². The van der Waals surface area contributed by atoms with Gasteiger partial charge in [0.2, 0.25) is 0 Å². The number of rotatable bonds is 3. The van der Waals surface area contributed by atoms with E-state index in [0.29, 0.717) is 18.8 Å². The minimum Gasteiger partial charge on any atom is -0.459 e. The van der Waals surface area contributed by atoms with Crippen LogP contribution in [0.1, 0.15) is 6.92 Å². The second-order valence-corrected chi connectivity index (χ2v) is 2.33. The van der Waals surface area contributed by atoms with Gasteiger partial charge in [-0.3, -0.25) is 0 Å². The Hall–Kier alpha value is -0.830. The van der Waals surface area contributed by atoms with E-state index in [0.717, 1.165) is 0 Å². The Morgan fingerprint density at radius 2 is 2.36 bits per heavy atom. The Balaban J connectivity index is 0.000001000. The van der Waals surface area contributed by atoms with E-state index < -0.39 is 0 Å². The molecule has 3 nitrogen and oxygen atoms in total. The molecule has 1 aliphatic rings. The third kappa shape index (κ3) is 3.78. The van der Waals surface area contributed by atoms with Crippen LogP contribution in [0, 0.1) is 7.43 Å². The smallest absolute Gasteiger partial charge is 0.333 e. The quantitative estimate of drug-likeness (QED) is 0.348. The molecule has 1 aliphatic heterocycles. The summed E-state index contributed by atoms with van der Waals surface area (Å²) in [5, 5.41) is 0. The molecule has 0 aromatic carbocycles. The highest BCUT2D eigenvalue weighted by atomic mass is 16.6. The summed E-state index contributed by atoms with van der Waals surface area (Å²) in [4.78, 5) is 10.7. The molecule has 1 saturated heterocycles. The number of hydrogen-bond acceptors (Lipinski definition) is 3. The second kappa shape index (κ2) is 4.13. The number of ether oxygens (including phenoxy) is 2. The van der Waals surface area contributed by atoms with E-state index in [2.05, 4.69) is 6.58 Å². The third-order valence-electron chi connectivity index (χ3n) is 1.15. The lowest BCUT2D eigenvalue weighted by Crippen LogP contribution is -2.09. The van der Waals surface area contributed by atoms with Crippen molar-refractivity contribution in [3.8, 4) is 0 Å². The Morgan fingerprint density at radius 3 is 2.73 bits per heavy atom. The maximum absolute atomic E-state index is 10.7. The first-order valence-electron chi connectivity index (χ1n) is 3.14. The minimum absolute atomic E-state index is 0. The normalized spacial score (nSPS) is 19.9. The van der Waals surface area contributed by atoms with Gasteiger partial charge in [0.05, 0.1) is 6.61 Å². The monoisotopic (exact) mass is 157 g/mol. The summed E-state index contributed by atoms with van der Waals surface area (Å²) in [6.45, 7) is 6.14. The molecule has 11 heavy (non-hydrogen) atoms. The fourth-order valence-corrected chi connectivity index (χ4v) is 0.456. The largest absolute Gasteiger partial charge is 0.459 e. The van der Waals surface area contributed by atoms with Gasteiger partial charge in [0.25, 0.3) is 0 Å². The average Bonchev–Trinajstić information content (AvgIpc) is 2.64. The highest BCUT2D eigenvalue weighted by Crippen LogP contribution is 2.09. The van der Waals surface area contributed by atoms with E-state index in [4.69, 9.17) is 9.47 Å². The molecule has 1 fully saturated rings. The van der Waals surface area contributed by atoms with Crippen LogP contribution in [0.15, 0.2) is 12.2 Å². The summed E-state index contributed by atoms with van der Waals surface area (Å²) in [6.07, 6.45) is 0.142. The van der Waals surface area contributed by atoms with E-state index in [9.17, 15) is 4.79 Å². The molecule has 63 valence electrons. The number of esters is 1. The fourth-order valence-electron chi connectivity index (χ4n) is 0.456. The highest BCUT2D eigenvalue weighted by Gasteiger charge is 2.24. The molecule has 0 amide bonds. The zero-order valence-corrected chi connectivity index (χ0v) is 6.92. The molecule has 1 atom stereocenters. The molecule has 0 aromatic rings. The Morgan fingerprint density at radius 1 is 1.82 bits per heavy atom. The van der Waals surface area contributed by atoms with Gasteiger partial charge < -0.3 is 9.47 Å². The number of carbonyl (C=O) groups is 1. The first-order valence-corrected chi connectivity index (χ1v) is 3.14. The van der Waals surface area contributed by atoms with Gasteiger partial charge in [0.15, 0.2) is 0 Å². The van der Waals surface area contributed by atoms with Crippen molar-refractivity contribution in [3.63, 3.8) is 0 Å². The number of epoxide rings is 1. The molecule has 0 N–H and O–H groups in total. The summed E-state index contributed by atoms with van der Waals surface area (Å²) in [7, 11) is 0. The topological polar surface area (TPSA) is 38.8 Å². The van der Waals surface area contributed by atoms with Crippen molar-refractivity contribution in [2.45, 2.75) is 13.0 Å². The van der Waals surface area contributed by atoms with Crippen molar-refractivity contribution < 1.29 is 14.3 Å². The summed E-state index contributed by atoms with van der Waals surface area (Å²) in [5.74, 6) is -0.337. The molecule has 1 heterocycles. The molecule has 0 bridgehead atoms. The Labute approximate surface area is 67.0 Å². The maximum atomic E-state index is 10.7. The Kier molecular flexibility index (Phi) is 3.82. The van der Waals surface area contributed by atoms with Crippen LogP contribution in [0.4, 0.5) is 0 Å². The van der Waals surface area contributed by atoms with Gasteiger partial charge in [0.1, 0.15) is 12.7 Å². The molecule has 0 saturated carbocycles. The van der Waals surface area contributed by atoms with Crippen LogP contribution < -0.4 is 0 Å². The van der Waals surface area contributed by atoms with E-state index in [-0.39, 0.29) is 19.5 Å². The van der Waals surface area contributed by atoms with Crippen LogP contribution in [-0.2, 0) is 14.3 Å². The summed E-state index contributed by atoms with van der Waals surface area (Å²) in [5.41, 5.74) is 0.431. The molecule has 1 radical (unpaired) electrons. The van der Waals surface area contributed by atoms with Crippen molar-refractivity contribution in [2.24, 2.45) is 0 Å². The predicted octanol–water partition coefficient (Wildman–Crippen LogP) is 0.955. The first kappa shape index (κ1) is 10.2. The molecule has 1 rings (SSSR count). The number of hydrogen-bond donors (Lipinski definition) is 0. The lowest BCUT2D eigenvalue weighted by atomic mass is 10.4. The number of carbonyl (C=O) groups excluding carboxylic acids is 1. The van der Waals surface area contributed by atoms with Crippen LogP contribution in [0.2, 0.25) is 0 Å². The lowest BCUT2D eigenvalue weighted by Gasteiger charge is -1.99. The molecule has 0 spiro atoms. The summed E-state index contributed by atoms with van der Waals surface area (Å²) in [6, 6.07) is 0. The SMILES string of the molecule is C=C(C)C(=O)OCC1CO1.[CH3]. The van der Waals surface area contributed by atoms with Gasteiger partial charge in [0, 0.05) is 5.57 Å². The van der Waals surface area contributed by atoms with E-state index in [1.807, 2.05) is 0 Å². The van der Waals surface area contributed by atoms with Gasteiger partial charge in [-0.25, -0.2) is 4.79 Å². The first-order chi connectivity index (χ1) is 4.70. The Bertz CT molecular complexity index is 159. The maximum Gasteiger partial charge on any atom is 0.333 e. The lowest BCUT2D eigenvalue weighted by molar-refractivity contribution is -0.139.